The number of ether oxygens (including phenoxy) is 2. The summed E-state index contributed by atoms with van der Waals surface area (Å²) in [5.41, 5.74) is 0.726. The average molecular weight is 299 g/mol. The van der Waals surface area contributed by atoms with Gasteiger partial charge in [-0.25, -0.2) is 0 Å². The predicted molar refractivity (Wildman–Crippen MR) is 87.4 cm³/mol. The largest absolute Gasteiger partial charge is 0.494 e. The van der Waals surface area contributed by atoms with E-state index in [9.17, 15) is 4.79 Å². The second-order valence-electron chi connectivity index (χ2n) is 4.77. The van der Waals surface area contributed by atoms with Gasteiger partial charge in [0.25, 0.3) is 5.91 Å². The molecule has 2 aromatic rings. The molecule has 0 radical (unpaired) electrons. The molecule has 0 aliphatic carbocycles. The van der Waals surface area contributed by atoms with E-state index in [0.717, 1.165) is 11.4 Å². The molecule has 0 saturated heterocycles. The Bertz CT molecular complexity index is 581. The summed E-state index contributed by atoms with van der Waals surface area (Å²) in [6.07, 6.45) is 0.0755. The summed E-state index contributed by atoms with van der Waals surface area (Å²) in [7, 11) is 0. The maximum atomic E-state index is 12.3. The molecule has 0 aromatic heterocycles. The van der Waals surface area contributed by atoms with Crippen molar-refractivity contribution in [3.05, 3.63) is 54.6 Å². The third kappa shape index (κ3) is 4.52. The van der Waals surface area contributed by atoms with Gasteiger partial charge in [0.15, 0.2) is 6.10 Å². The number of hydrogen-bond acceptors (Lipinski definition) is 3. The molecule has 1 N–H and O–H groups in total. The summed E-state index contributed by atoms with van der Waals surface area (Å²) in [5.74, 6) is 1.32. The molecular weight excluding hydrogens is 278 g/mol. The van der Waals surface area contributed by atoms with Gasteiger partial charge in [0.1, 0.15) is 11.5 Å². The van der Waals surface area contributed by atoms with Crippen molar-refractivity contribution in [1.29, 1.82) is 0 Å². The highest BCUT2D eigenvalue weighted by Gasteiger charge is 2.18. The molecule has 22 heavy (non-hydrogen) atoms. The number of carbonyl (C=O) groups is 1. The third-order valence-electron chi connectivity index (χ3n) is 3.12. The maximum absolute atomic E-state index is 12.3. The summed E-state index contributed by atoms with van der Waals surface area (Å²) >= 11 is 0. The fourth-order valence-electron chi connectivity index (χ4n) is 2.01. The molecule has 0 bridgehead atoms. The number of para-hydroxylation sites is 1. The molecule has 0 unspecified atom stereocenters. The minimum atomic E-state index is -0.519. The summed E-state index contributed by atoms with van der Waals surface area (Å²) in [4.78, 5) is 12.3. The number of carbonyl (C=O) groups excluding carboxylic acids is 1. The van der Waals surface area contributed by atoms with E-state index in [1.807, 2.05) is 68.4 Å². The van der Waals surface area contributed by atoms with Gasteiger partial charge in [-0.05, 0) is 49.7 Å². The Hall–Kier alpha value is -2.49. The molecule has 116 valence electrons. The van der Waals surface area contributed by atoms with Crippen LogP contribution in [0.3, 0.4) is 0 Å². The zero-order valence-corrected chi connectivity index (χ0v) is 12.9. The summed E-state index contributed by atoms with van der Waals surface area (Å²) in [6.45, 7) is 4.47. The minimum Gasteiger partial charge on any atom is -0.494 e. The SMILES string of the molecule is CCOc1ccc(NC(=O)[C@H](CC)Oc2ccccc2)cc1. The van der Waals surface area contributed by atoms with Crippen LogP contribution in [0.5, 0.6) is 11.5 Å². The van der Waals surface area contributed by atoms with Crippen LogP contribution in [0.25, 0.3) is 0 Å². The number of amides is 1. The lowest BCUT2D eigenvalue weighted by molar-refractivity contribution is -0.122. The molecule has 4 nitrogen and oxygen atoms in total. The van der Waals surface area contributed by atoms with Crippen LogP contribution in [-0.2, 0) is 4.79 Å². The zero-order chi connectivity index (χ0) is 15.8. The molecule has 0 fully saturated rings. The Morgan fingerprint density at radius 1 is 1.00 bits per heavy atom. The summed E-state index contributed by atoms with van der Waals surface area (Å²) in [6, 6.07) is 16.7. The van der Waals surface area contributed by atoms with Crippen molar-refractivity contribution in [2.45, 2.75) is 26.4 Å². The van der Waals surface area contributed by atoms with E-state index >= 15 is 0 Å². The Morgan fingerprint density at radius 3 is 2.27 bits per heavy atom. The quantitative estimate of drug-likeness (QED) is 0.844. The predicted octanol–water partition coefficient (Wildman–Crippen LogP) is 3.88. The van der Waals surface area contributed by atoms with E-state index < -0.39 is 6.10 Å². The van der Waals surface area contributed by atoms with Crippen LogP contribution < -0.4 is 14.8 Å². The van der Waals surface area contributed by atoms with Crippen molar-refractivity contribution in [3.8, 4) is 11.5 Å². The molecule has 2 aromatic carbocycles. The monoisotopic (exact) mass is 299 g/mol. The second kappa shape index (κ2) is 8.08. The lowest BCUT2D eigenvalue weighted by atomic mass is 10.2. The normalized spacial score (nSPS) is 11.5. The fraction of sp³-hybridized carbons (Fsp3) is 0.278. The molecule has 0 aliphatic rings. The van der Waals surface area contributed by atoms with Crippen LogP contribution in [0, 0.1) is 0 Å². The average Bonchev–Trinajstić information content (AvgIpc) is 2.55. The topological polar surface area (TPSA) is 47.6 Å². The van der Waals surface area contributed by atoms with Crippen molar-refractivity contribution in [2.24, 2.45) is 0 Å². The van der Waals surface area contributed by atoms with Gasteiger partial charge in [0, 0.05) is 5.69 Å². The maximum Gasteiger partial charge on any atom is 0.265 e. The van der Waals surface area contributed by atoms with Crippen LogP contribution in [-0.4, -0.2) is 18.6 Å². The fourth-order valence-corrected chi connectivity index (χ4v) is 2.01. The molecule has 1 atom stereocenters. The number of hydrogen-bond donors (Lipinski definition) is 1. The van der Waals surface area contributed by atoms with Gasteiger partial charge in [0.05, 0.1) is 6.61 Å². The van der Waals surface area contributed by atoms with Crippen molar-refractivity contribution in [3.63, 3.8) is 0 Å². The lowest BCUT2D eigenvalue weighted by Crippen LogP contribution is -2.32. The van der Waals surface area contributed by atoms with Crippen LogP contribution >= 0.6 is 0 Å². The number of rotatable bonds is 7. The van der Waals surface area contributed by atoms with Crippen LogP contribution in [0.15, 0.2) is 54.6 Å². The van der Waals surface area contributed by atoms with Crippen molar-refractivity contribution >= 4 is 11.6 Å². The molecule has 0 spiro atoms. The molecule has 0 aliphatic heterocycles. The first-order valence-corrected chi connectivity index (χ1v) is 7.48. The van der Waals surface area contributed by atoms with Gasteiger partial charge < -0.3 is 14.8 Å². The van der Waals surface area contributed by atoms with Crippen LogP contribution in [0.2, 0.25) is 0 Å². The van der Waals surface area contributed by atoms with Crippen molar-refractivity contribution in [1.82, 2.24) is 0 Å². The Balaban J connectivity index is 1.96. The highest BCUT2D eigenvalue weighted by Crippen LogP contribution is 2.17. The van der Waals surface area contributed by atoms with E-state index in [1.54, 1.807) is 0 Å². The first-order valence-electron chi connectivity index (χ1n) is 7.48. The third-order valence-corrected chi connectivity index (χ3v) is 3.12. The number of nitrogens with one attached hydrogen (secondary N) is 1. The molecular formula is C18H21NO3. The van der Waals surface area contributed by atoms with E-state index in [4.69, 9.17) is 9.47 Å². The summed E-state index contributed by atoms with van der Waals surface area (Å²) < 4.78 is 11.1. The van der Waals surface area contributed by atoms with Crippen molar-refractivity contribution < 1.29 is 14.3 Å². The van der Waals surface area contributed by atoms with Crippen LogP contribution in [0.1, 0.15) is 20.3 Å². The van der Waals surface area contributed by atoms with E-state index in [0.29, 0.717) is 18.8 Å². The van der Waals surface area contributed by atoms with Gasteiger partial charge in [0.2, 0.25) is 0 Å². The highest BCUT2D eigenvalue weighted by atomic mass is 16.5. The van der Waals surface area contributed by atoms with Crippen molar-refractivity contribution in [2.75, 3.05) is 11.9 Å². The smallest absolute Gasteiger partial charge is 0.265 e. The summed E-state index contributed by atoms with van der Waals surface area (Å²) in [5, 5.41) is 2.86. The lowest BCUT2D eigenvalue weighted by Gasteiger charge is -2.17. The van der Waals surface area contributed by atoms with Gasteiger partial charge in [-0.1, -0.05) is 25.1 Å². The first kappa shape index (κ1) is 15.9. The Labute approximate surface area is 131 Å². The molecule has 2 rings (SSSR count). The second-order valence-corrected chi connectivity index (χ2v) is 4.77. The standard InChI is InChI=1S/C18H21NO3/c1-3-17(22-16-8-6-5-7-9-16)18(20)19-14-10-12-15(13-11-14)21-4-2/h5-13,17H,3-4H2,1-2H3,(H,19,20)/t17-/m0/s1. The van der Waals surface area contributed by atoms with E-state index in [-0.39, 0.29) is 5.91 Å². The minimum absolute atomic E-state index is 0.157. The number of anilines is 1. The number of benzene rings is 2. The van der Waals surface area contributed by atoms with Gasteiger partial charge >= 0.3 is 0 Å². The highest BCUT2D eigenvalue weighted by molar-refractivity contribution is 5.94. The van der Waals surface area contributed by atoms with Gasteiger partial charge in [-0.15, -0.1) is 0 Å². The molecule has 1 amide bonds. The molecule has 4 heteroatoms. The van der Waals surface area contributed by atoms with E-state index in [2.05, 4.69) is 5.32 Å². The van der Waals surface area contributed by atoms with Crippen LogP contribution in [0.4, 0.5) is 5.69 Å². The van der Waals surface area contributed by atoms with Gasteiger partial charge in [-0.2, -0.15) is 0 Å². The first-order chi connectivity index (χ1) is 10.7. The zero-order valence-electron chi connectivity index (χ0n) is 12.9. The Kier molecular flexibility index (Phi) is 5.83. The van der Waals surface area contributed by atoms with Gasteiger partial charge in [-0.3, -0.25) is 4.79 Å². The molecule has 0 heterocycles. The molecule has 0 saturated carbocycles. The Morgan fingerprint density at radius 2 is 1.68 bits per heavy atom. The van der Waals surface area contributed by atoms with E-state index in [1.165, 1.54) is 0 Å².